The standard InChI is InChI=1S/C12H24O/c1-11(2,3)10-8-6-5-7-9-12(10,4)13/h10,13H,5-9H2,1-4H3/t10-,12-/m0/s1. The van der Waals surface area contributed by atoms with Crippen LogP contribution in [-0.2, 0) is 0 Å². The Morgan fingerprint density at radius 1 is 1.15 bits per heavy atom. The summed E-state index contributed by atoms with van der Waals surface area (Å²) in [6.45, 7) is 8.76. The summed E-state index contributed by atoms with van der Waals surface area (Å²) >= 11 is 0. The van der Waals surface area contributed by atoms with Gasteiger partial charge in [0.1, 0.15) is 0 Å². The van der Waals surface area contributed by atoms with Crippen molar-refractivity contribution in [3.8, 4) is 0 Å². The zero-order chi connectivity index (χ0) is 10.1. The van der Waals surface area contributed by atoms with Gasteiger partial charge in [0.05, 0.1) is 5.60 Å². The van der Waals surface area contributed by atoms with Crippen LogP contribution in [-0.4, -0.2) is 10.7 Å². The van der Waals surface area contributed by atoms with Crippen LogP contribution < -0.4 is 0 Å². The summed E-state index contributed by atoms with van der Waals surface area (Å²) in [5.74, 6) is 0.461. The summed E-state index contributed by atoms with van der Waals surface area (Å²) in [5.41, 5.74) is -0.192. The lowest BCUT2D eigenvalue weighted by Crippen LogP contribution is -2.41. The molecule has 1 nitrogen and oxygen atoms in total. The number of hydrogen-bond donors (Lipinski definition) is 1. The molecule has 1 heteroatoms. The molecule has 1 fully saturated rings. The van der Waals surface area contributed by atoms with Crippen LogP contribution >= 0.6 is 0 Å². The molecule has 0 bridgehead atoms. The molecule has 0 aromatic carbocycles. The minimum Gasteiger partial charge on any atom is -0.390 e. The molecule has 0 aromatic rings. The first kappa shape index (κ1) is 11.0. The van der Waals surface area contributed by atoms with Gasteiger partial charge in [-0.15, -0.1) is 0 Å². The zero-order valence-corrected chi connectivity index (χ0v) is 9.56. The van der Waals surface area contributed by atoms with Crippen LogP contribution in [0.4, 0.5) is 0 Å². The predicted octanol–water partition coefficient (Wildman–Crippen LogP) is 3.36. The summed E-state index contributed by atoms with van der Waals surface area (Å²) in [4.78, 5) is 0. The van der Waals surface area contributed by atoms with E-state index in [-0.39, 0.29) is 5.41 Å². The van der Waals surface area contributed by atoms with Crippen LogP contribution in [0, 0.1) is 11.3 Å². The fraction of sp³-hybridized carbons (Fsp3) is 1.00. The highest BCUT2D eigenvalue weighted by atomic mass is 16.3. The summed E-state index contributed by atoms with van der Waals surface area (Å²) in [6, 6.07) is 0. The number of aliphatic hydroxyl groups is 1. The average molecular weight is 184 g/mol. The van der Waals surface area contributed by atoms with Crippen molar-refractivity contribution >= 4 is 0 Å². The van der Waals surface area contributed by atoms with Crippen molar-refractivity contribution < 1.29 is 5.11 Å². The van der Waals surface area contributed by atoms with E-state index in [2.05, 4.69) is 20.8 Å². The highest BCUT2D eigenvalue weighted by molar-refractivity contribution is 4.91. The first-order valence-corrected chi connectivity index (χ1v) is 5.56. The van der Waals surface area contributed by atoms with E-state index in [1.807, 2.05) is 6.92 Å². The van der Waals surface area contributed by atoms with Gasteiger partial charge in [-0.05, 0) is 31.1 Å². The van der Waals surface area contributed by atoms with Crippen LogP contribution in [0.2, 0.25) is 0 Å². The summed E-state index contributed by atoms with van der Waals surface area (Å²) in [6.07, 6.45) is 5.95. The molecule has 1 aliphatic carbocycles. The van der Waals surface area contributed by atoms with Gasteiger partial charge in [-0.1, -0.05) is 40.0 Å². The third-order valence-electron chi connectivity index (χ3n) is 3.47. The van der Waals surface area contributed by atoms with Crippen molar-refractivity contribution in [2.45, 2.75) is 65.4 Å². The Balaban J connectivity index is 2.78. The van der Waals surface area contributed by atoms with Crippen LogP contribution in [0.1, 0.15) is 59.8 Å². The molecule has 1 saturated carbocycles. The largest absolute Gasteiger partial charge is 0.390 e. The minimum atomic E-state index is -0.436. The van der Waals surface area contributed by atoms with Crippen molar-refractivity contribution in [3.63, 3.8) is 0 Å². The second-order valence-corrected chi connectivity index (χ2v) is 5.88. The Kier molecular flexibility index (Phi) is 3.06. The van der Waals surface area contributed by atoms with Crippen molar-refractivity contribution in [2.75, 3.05) is 0 Å². The molecule has 13 heavy (non-hydrogen) atoms. The van der Waals surface area contributed by atoms with Gasteiger partial charge in [-0.3, -0.25) is 0 Å². The maximum absolute atomic E-state index is 10.3. The quantitative estimate of drug-likeness (QED) is 0.572. The van der Waals surface area contributed by atoms with Gasteiger partial charge < -0.3 is 5.11 Å². The van der Waals surface area contributed by atoms with Gasteiger partial charge in [0.25, 0.3) is 0 Å². The molecule has 0 amide bonds. The van der Waals surface area contributed by atoms with Crippen LogP contribution in [0.25, 0.3) is 0 Å². The minimum absolute atomic E-state index is 0.244. The lowest BCUT2D eigenvalue weighted by Gasteiger charge is -2.40. The van der Waals surface area contributed by atoms with Gasteiger partial charge in [-0.2, -0.15) is 0 Å². The van der Waals surface area contributed by atoms with E-state index >= 15 is 0 Å². The lowest BCUT2D eigenvalue weighted by molar-refractivity contribution is -0.0521. The molecule has 0 radical (unpaired) electrons. The normalized spacial score (nSPS) is 37.2. The molecular formula is C12H24O. The van der Waals surface area contributed by atoms with Crippen LogP contribution in [0.15, 0.2) is 0 Å². The van der Waals surface area contributed by atoms with Crippen molar-refractivity contribution in [1.29, 1.82) is 0 Å². The highest BCUT2D eigenvalue weighted by Gasteiger charge is 2.39. The first-order valence-electron chi connectivity index (χ1n) is 5.56. The van der Waals surface area contributed by atoms with Gasteiger partial charge in [0, 0.05) is 0 Å². The summed E-state index contributed by atoms with van der Waals surface area (Å²) < 4.78 is 0. The maximum Gasteiger partial charge on any atom is 0.0652 e. The van der Waals surface area contributed by atoms with Gasteiger partial charge in [0.15, 0.2) is 0 Å². The molecule has 0 heterocycles. The predicted molar refractivity (Wildman–Crippen MR) is 56.7 cm³/mol. The monoisotopic (exact) mass is 184 g/mol. The van der Waals surface area contributed by atoms with E-state index in [0.29, 0.717) is 5.92 Å². The third-order valence-corrected chi connectivity index (χ3v) is 3.47. The maximum atomic E-state index is 10.3. The topological polar surface area (TPSA) is 20.2 Å². The SMILES string of the molecule is CC(C)(C)[C@@H]1CCCCC[C@]1(C)O. The Labute approximate surface area is 82.5 Å². The molecule has 78 valence electrons. The van der Waals surface area contributed by atoms with E-state index < -0.39 is 5.60 Å². The molecule has 1 rings (SSSR count). The second-order valence-electron chi connectivity index (χ2n) is 5.88. The van der Waals surface area contributed by atoms with Gasteiger partial charge >= 0.3 is 0 Å². The zero-order valence-electron chi connectivity index (χ0n) is 9.56. The Hall–Kier alpha value is -0.0400. The van der Waals surface area contributed by atoms with E-state index in [1.54, 1.807) is 0 Å². The molecule has 0 spiro atoms. The van der Waals surface area contributed by atoms with Crippen molar-refractivity contribution in [2.24, 2.45) is 11.3 Å². The first-order chi connectivity index (χ1) is 5.84. The van der Waals surface area contributed by atoms with E-state index in [4.69, 9.17) is 0 Å². The molecule has 0 unspecified atom stereocenters. The fourth-order valence-corrected chi connectivity index (χ4v) is 2.86. The number of hydrogen-bond acceptors (Lipinski definition) is 1. The van der Waals surface area contributed by atoms with Crippen LogP contribution in [0.3, 0.4) is 0 Å². The summed E-state index contributed by atoms with van der Waals surface area (Å²) in [7, 11) is 0. The average Bonchev–Trinajstić information content (AvgIpc) is 2.07. The van der Waals surface area contributed by atoms with Crippen molar-refractivity contribution in [1.82, 2.24) is 0 Å². The van der Waals surface area contributed by atoms with Crippen LogP contribution in [0.5, 0.6) is 0 Å². The smallest absolute Gasteiger partial charge is 0.0652 e. The fourth-order valence-electron chi connectivity index (χ4n) is 2.86. The van der Waals surface area contributed by atoms with E-state index in [0.717, 1.165) is 6.42 Å². The van der Waals surface area contributed by atoms with Crippen molar-refractivity contribution in [3.05, 3.63) is 0 Å². The molecule has 2 atom stereocenters. The Morgan fingerprint density at radius 3 is 2.31 bits per heavy atom. The Bertz CT molecular complexity index is 164. The molecule has 1 aliphatic rings. The molecule has 1 N–H and O–H groups in total. The summed E-state index contributed by atoms with van der Waals surface area (Å²) in [5, 5.41) is 10.3. The number of rotatable bonds is 0. The van der Waals surface area contributed by atoms with E-state index in [9.17, 15) is 5.11 Å². The van der Waals surface area contributed by atoms with Gasteiger partial charge in [0.2, 0.25) is 0 Å². The lowest BCUT2D eigenvalue weighted by atomic mass is 9.69. The Morgan fingerprint density at radius 2 is 1.77 bits per heavy atom. The molecule has 0 aliphatic heterocycles. The molecule has 0 saturated heterocycles. The second kappa shape index (κ2) is 3.61. The molecule has 0 aromatic heterocycles. The molecular weight excluding hydrogens is 160 g/mol. The van der Waals surface area contributed by atoms with E-state index in [1.165, 1.54) is 25.7 Å². The highest BCUT2D eigenvalue weighted by Crippen LogP contribution is 2.42. The van der Waals surface area contributed by atoms with Gasteiger partial charge in [-0.25, -0.2) is 0 Å². The third kappa shape index (κ3) is 2.70.